The van der Waals surface area contributed by atoms with Crippen LogP contribution in [-0.2, 0) is 9.53 Å². The van der Waals surface area contributed by atoms with Crippen molar-refractivity contribution in [3.8, 4) is 11.5 Å². The monoisotopic (exact) mass is 493 g/mol. The van der Waals surface area contributed by atoms with E-state index in [9.17, 15) is 4.79 Å². The molecule has 1 spiro atoms. The number of hydrogen-bond donors (Lipinski definition) is 0. The van der Waals surface area contributed by atoms with Gasteiger partial charge in [-0.15, -0.1) is 0 Å². The molecule has 36 heavy (non-hydrogen) atoms. The van der Waals surface area contributed by atoms with E-state index in [0.717, 1.165) is 62.7 Å². The van der Waals surface area contributed by atoms with Crippen molar-refractivity contribution in [2.75, 3.05) is 69.4 Å². The predicted molar refractivity (Wildman–Crippen MR) is 142 cm³/mol. The molecule has 1 amide bonds. The number of likely N-dealkylation sites (tertiary alicyclic amines) is 1. The average molecular weight is 494 g/mol. The number of nitrogens with zero attached hydrogens (tertiary/aromatic N) is 3. The Morgan fingerprint density at radius 3 is 2.22 bits per heavy atom. The van der Waals surface area contributed by atoms with Crippen molar-refractivity contribution in [2.24, 2.45) is 0 Å². The van der Waals surface area contributed by atoms with Crippen LogP contribution in [0, 0.1) is 0 Å². The lowest BCUT2D eigenvalue weighted by Gasteiger charge is -2.47. The lowest BCUT2D eigenvalue weighted by molar-refractivity contribution is -0.141. The van der Waals surface area contributed by atoms with Gasteiger partial charge in [0.05, 0.1) is 25.9 Å². The maximum atomic E-state index is 12.6. The van der Waals surface area contributed by atoms with Gasteiger partial charge < -0.3 is 28.9 Å². The standard InChI is InChI=1S/C29H39N3O4/c1-34-26-10-8-25(9-11-26)32-23-29(36-22-28(32)33)14-19-31(20-15-29)24-6-12-27(13-7-24)35-21-5-18-30-16-3-2-4-17-30/h6-13H,2-5,14-23H2,1H3. The van der Waals surface area contributed by atoms with Crippen molar-refractivity contribution >= 4 is 17.3 Å². The summed E-state index contributed by atoms with van der Waals surface area (Å²) >= 11 is 0. The fraction of sp³-hybridized carbons (Fsp3) is 0.552. The summed E-state index contributed by atoms with van der Waals surface area (Å²) in [7, 11) is 1.65. The molecule has 3 aliphatic rings. The highest BCUT2D eigenvalue weighted by atomic mass is 16.5. The number of amides is 1. The smallest absolute Gasteiger partial charge is 0.253 e. The molecule has 0 saturated carbocycles. The number of hydrogen-bond acceptors (Lipinski definition) is 6. The molecule has 0 N–H and O–H groups in total. The molecular weight excluding hydrogens is 454 g/mol. The molecule has 5 rings (SSSR count). The van der Waals surface area contributed by atoms with E-state index in [1.165, 1.54) is 38.0 Å². The summed E-state index contributed by atoms with van der Waals surface area (Å²) in [5.74, 6) is 1.74. The van der Waals surface area contributed by atoms with Crippen LogP contribution in [0.3, 0.4) is 0 Å². The fourth-order valence-electron chi connectivity index (χ4n) is 5.60. The third-order valence-electron chi connectivity index (χ3n) is 7.85. The van der Waals surface area contributed by atoms with Gasteiger partial charge in [0, 0.05) is 31.0 Å². The molecule has 0 aromatic heterocycles. The van der Waals surface area contributed by atoms with Gasteiger partial charge in [-0.2, -0.15) is 0 Å². The third kappa shape index (κ3) is 5.95. The van der Waals surface area contributed by atoms with E-state index in [4.69, 9.17) is 14.2 Å². The number of carbonyl (C=O) groups is 1. The molecule has 0 bridgehead atoms. The van der Waals surface area contributed by atoms with Gasteiger partial charge in [0.25, 0.3) is 5.91 Å². The summed E-state index contributed by atoms with van der Waals surface area (Å²) in [4.78, 5) is 19.4. The molecule has 2 aromatic rings. The van der Waals surface area contributed by atoms with Crippen LogP contribution in [0.2, 0.25) is 0 Å². The van der Waals surface area contributed by atoms with Gasteiger partial charge in [-0.3, -0.25) is 4.79 Å². The van der Waals surface area contributed by atoms with E-state index in [-0.39, 0.29) is 18.1 Å². The third-order valence-corrected chi connectivity index (χ3v) is 7.85. The predicted octanol–water partition coefficient (Wildman–Crippen LogP) is 4.35. The topological polar surface area (TPSA) is 54.5 Å². The van der Waals surface area contributed by atoms with Crippen LogP contribution >= 0.6 is 0 Å². The lowest BCUT2D eigenvalue weighted by Crippen LogP contribution is -2.59. The number of ether oxygens (including phenoxy) is 3. The molecule has 0 unspecified atom stereocenters. The Morgan fingerprint density at radius 1 is 0.861 bits per heavy atom. The van der Waals surface area contributed by atoms with Crippen molar-refractivity contribution in [3.63, 3.8) is 0 Å². The van der Waals surface area contributed by atoms with Crippen molar-refractivity contribution in [1.82, 2.24) is 4.90 Å². The summed E-state index contributed by atoms with van der Waals surface area (Å²) < 4.78 is 17.4. The van der Waals surface area contributed by atoms with E-state index in [1.807, 2.05) is 29.2 Å². The molecule has 3 heterocycles. The second kappa shape index (κ2) is 11.5. The zero-order valence-corrected chi connectivity index (χ0v) is 21.5. The molecule has 3 fully saturated rings. The second-order valence-corrected chi connectivity index (χ2v) is 10.2. The van der Waals surface area contributed by atoms with Gasteiger partial charge in [-0.05, 0) is 93.7 Å². The summed E-state index contributed by atoms with van der Waals surface area (Å²) in [5, 5.41) is 0. The minimum atomic E-state index is -0.290. The zero-order chi connectivity index (χ0) is 24.8. The van der Waals surface area contributed by atoms with Crippen molar-refractivity contribution in [1.29, 1.82) is 0 Å². The zero-order valence-electron chi connectivity index (χ0n) is 21.5. The summed E-state index contributed by atoms with van der Waals surface area (Å²) in [6.07, 6.45) is 6.91. The number of carbonyl (C=O) groups excluding carboxylic acids is 1. The highest BCUT2D eigenvalue weighted by Gasteiger charge is 2.42. The molecule has 0 atom stereocenters. The SMILES string of the molecule is COc1ccc(N2CC3(CCN(c4ccc(OCCCN5CCCCC5)cc4)CC3)OCC2=O)cc1. The van der Waals surface area contributed by atoms with E-state index < -0.39 is 0 Å². The van der Waals surface area contributed by atoms with E-state index in [0.29, 0.717) is 6.54 Å². The number of methoxy groups -OCH3 is 1. The van der Waals surface area contributed by atoms with E-state index >= 15 is 0 Å². The average Bonchev–Trinajstić information content (AvgIpc) is 2.94. The molecule has 194 valence electrons. The van der Waals surface area contributed by atoms with Crippen molar-refractivity contribution in [2.45, 2.75) is 44.1 Å². The highest BCUT2D eigenvalue weighted by Crippen LogP contribution is 2.35. The number of anilines is 2. The Balaban J connectivity index is 1.10. The Morgan fingerprint density at radius 2 is 1.53 bits per heavy atom. The quantitative estimate of drug-likeness (QED) is 0.510. The van der Waals surface area contributed by atoms with Crippen LogP contribution in [0.4, 0.5) is 11.4 Å². The normalized spacial score (nSPS) is 20.5. The molecule has 0 radical (unpaired) electrons. The van der Waals surface area contributed by atoms with Crippen LogP contribution in [0.25, 0.3) is 0 Å². The first-order valence-corrected chi connectivity index (χ1v) is 13.4. The number of morpholine rings is 1. The van der Waals surface area contributed by atoms with Crippen LogP contribution in [0.15, 0.2) is 48.5 Å². The summed E-state index contributed by atoms with van der Waals surface area (Å²) in [5.41, 5.74) is 1.82. The van der Waals surface area contributed by atoms with Crippen LogP contribution < -0.4 is 19.3 Å². The molecule has 7 nitrogen and oxygen atoms in total. The van der Waals surface area contributed by atoms with Crippen molar-refractivity contribution < 1.29 is 19.0 Å². The molecule has 7 heteroatoms. The molecule has 3 aliphatic heterocycles. The first-order valence-electron chi connectivity index (χ1n) is 13.4. The Kier molecular flexibility index (Phi) is 7.97. The molecular formula is C29H39N3O4. The Bertz CT molecular complexity index is 981. The number of piperidine rings is 2. The minimum Gasteiger partial charge on any atom is -0.497 e. The largest absolute Gasteiger partial charge is 0.497 e. The Hall–Kier alpha value is -2.77. The van der Waals surface area contributed by atoms with E-state index in [1.54, 1.807) is 7.11 Å². The summed E-state index contributed by atoms with van der Waals surface area (Å²) in [6.45, 7) is 6.92. The van der Waals surface area contributed by atoms with Gasteiger partial charge in [0.15, 0.2) is 0 Å². The van der Waals surface area contributed by atoms with E-state index in [2.05, 4.69) is 34.1 Å². The van der Waals surface area contributed by atoms with Gasteiger partial charge >= 0.3 is 0 Å². The first-order chi connectivity index (χ1) is 17.6. The van der Waals surface area contributed by atoms with Crippen LogP contribution in [0.5, 0.6) is 11.5 Å². The molecule has 0 aliphatic carbocycles. The van der Waals surface area contributed by atoms with Crippen molar-refractivity contribution in [3.05, 3.63) is 48.5 Å². The molecule has 3 saturated heterocycles. The number of rotatable bonds is 8. The minimum absolute atomic E-state index is 0.0136. The van der Waals surface area contributed by atoms with Gasteiger partial charge in [-0.1, -0.05) is 6.42 Å². The maximum Gasteiger partial charge on any atom is 0.253 e. The van der Waals surface area contributed by atoms with Gasteiger partial charge in [0.1, 0.15) is 18.1 Å². The van der Waals surface area contributed by atoms with Crippen LogP contribution in [-0.4, -0.2) is 76.0 Å². The fourth-order valence-corrected chi connectivity index (χ4v) is 5.60. The summed E-state index contributed by atoms with van der Waals surface area (Å²) in [6, 6.07) is 16.2. The lowest BCUT2D eigenvalue weighted by atomic mass is 9.88. The maximum absolute atomic E-state index is 12.6. The first kappa shape index (κ1) is 24.9. The molecule has 2 aromatic carbocycles. The van der Waals surface area contributed by atoms with Gasteiger partial charge in [0.2, 0.25) is 0 Å². The van der Waals surface area contributed by atoms with Crippen LogP contribution in [0.1, 0.15) is 38.5 Å². The second-order valence-electron chi connectivity index (χ2n) is 10.2. The Labute approximate surface area is 214 Å². The van der Waals surface area contributed by atoms with Gasteiger partial charge in [-0.25, -0.2) is 0 Å². The highest BCUT2D eigenvalue weighted by molar-refractivity contribution is 5.95. The number of benzene rings is 2.